The Balaban J connectivity index is 2.62. The van der Waals surface area contributed by atoms with Crippen LogP contribution in [0.15, 0.2) is 22.7 Å². The van der Waals surface area contributed by atoms with E-state index in [1.807, 2.05) is 32.0 Å². The minimum atomic E-state index is -0.280. The van der Waals surface area contributed by atoms with E-state index in [-0.39, 0.29) is 11.8 Å². The van der Waals surface area contributed by atoms with Gasteiger partial charge in [-0.2, -0.15) is 0 Å². The first kappa shape index (κ1) is 12.0. The van der Waals surface area contributed by atoms with Gasteiger partial charge in [-0.25, -0.2) is 0 Å². The van der Waals surface area contributed by atoms with Gasteiger partial charge in [0.15, 0.2) is 0 Å². The molecule has 1 unspecified atom stereocenters. The number of primary amides is 1. The average molecular weight is 271 g/mol. The van der Waals surface area contributed by atoms with Crippen molar-refractivity contribution >= 4 is 27.5 Å². The predicted octanol–water partition coefficient (Wildman–Crippen LogP) is 2.29. The molecule has 0 aromatic heterocycles. The van der Waals surface area contributed by atoms with Crippen molar-refractivity contribution in [3.8, 4) is 0 Å². The lowest BCUT2D eigenvalue weighted by Gasteiger charge is -2.12. The Hall–Kier alpha value is -1.03. The summed E-state index contributed by atoms with van der Waals surface area (Å²) in [5, 5.41) is 3.20. The Labute approximate surface area is 98.2 Å². The second-order valence-electron chi connectivity index (χ2n) is 3.64. The van der Waals surface area contributed by atoms with Crippen LogP contribution in [0.25, 0.3) is 0 Å². The fourth-order valence-corrected chi connectivity index (χ4v) is 1.66. The summed E-state index contributed by atoms with van der Waals surface area (Å²) in [6.07, 6.45) is 0. The zero-order valence-corrected chi connectivity index (χ0v) is 10.5. The molecule has 1 amide bonds. The number of amides is 1. The van der Waals surface area contributed by atoms with Gasteiger partial charge in [0.1, 0.15) is 0 Å². The number of benzene rings is 1. The molecule has 15 heavy (non-hydrogen) atoms. The number of hydrogen-bond acceptors (Lipinski definition) is 2. The van der Waals surface area contributed by atoms with Crippen LogP contribution in [0, 0.1) is 12.8 Å². The highest BCUT2D eigenvalue weighted by molar-refractivity contribution is 9.10. The highest BCUT2D eigenvalue weighted by Crippen LogP contribution is 2.20. The maximum Gasteiger partial charge on any atom is 0.222 e. The molecule has 3 N–H and O–H groups in total. The van der Waals surface area contributed by atoms with Crippen molar-refractivity contribution < 1.29 is 4.79 Å². The molecule has 0 aliphatic carbocycles. The molecule has 1 rings (SSSR count). The van der Waals surface area contributed by atoms with E-state index in [1.165, 1.54) is 0 Å². The normalized spacial score (nSPS) is 12.2. The van der Waals surface area contributed by atoms with Crippen LogP contribution in [0.4, 0.5) is 5.69 Å². The molecule has 1 atom stereocenters. The standard InChI is InChI=1S/C11H15BrN2O/c1-7-5-9(12)3-4-10(7)14-6-8(2)11(13)15/h3-5,8,14H,6H2,1-2H3,(H2,13,15). The third kappa shape index (κ3) is 3.55. The summed E-state index contributed by atoms with van der Waals surface area (Å²) >= 11 is 3.40. The van der Waals surface area contributed by atoms with E-state index in [9.17, 15) is 4.79 Å². The molecule has 0 fully saturated rings. The van der Waals surface area contributed by atoms with E-state index in [1.54, 1.807) is 0 Å². The number of rotatable bonds is 4. The topological polar surface area (TPSA) is 55.1 Å². The van der Waals surface area contributed by atoms with Crippen molar-refractivity contribution in [3.05, 3.63) is 28.2 Å². The summed E-state index contributed by atoms with van der Waals surface area (Å²) in [4.78, 5) is 10.8. The minimum absolute atomic E-state index is 0.159. The monoisotopic (exact) mass is 270 g/mol. The van der Waals surface area contributed by atoms with Crippen LogP contribution in [0.2, 0.25) is 0 Å². The first-order valence-electron chi connectivity index (χ1n) is 4.80. The van der Waals surface area contributed by atoms with Crippen molar-refractivity contribution in [1.29, 1.82) is 0 Å². The number of hydrogen-bond donors (Lipinski definition) is 2. The first-order valence-corrected chi connectivity index (χ1v) is 5.59. The molecule has 82 valence electrons. The van der Waals surface area contributed by atoms with Gasteiger partial charge < -0.3 is 11.1 Å². The molecule has 0 aliphatic rings. The summed E-state index contributed by atoms with van der Waals surface area (Å²) < 4.78 is 1.05. The van der Waals surface area contributed by atoms with Crippen molar-refractivity contribution in [2.24, 2.45) is 11.7 Å². The van der Waals surface area contributed by atoms with Gasteiger partial charge in [0.25, 0.3) is 0 Å². The summed E-state index contributed by atoms with van der Waals surface area (Å²) in [5.41, 5.74) is 7.35. The van der Waals surface area contributed by atoms with E-state index >= 15 is 0 Å². The van der Waals surface area contributed by atoms with Crippen molar-refractivity contribution in [3.63, 3.8) is 0 Å². The van der Waals surface area contributed by atoms with E-state index in [2.05, 4.69) is 21.2 Å². The summed E-state index contributed by atoms with van der Waals surface area (Å²) in [6.45, 7) is 4.39. The SMILES string of the molecule is Cc1cc(Br)ccc1NCC(C)C(N)=O. The Morgan fingerprint density at radius 1 is 1.60 bits per heavy atom. The van der Waals surface area contributed by atoms with Gasteiger partial charge in [-0.1, -0.05) is 22.9 Å². The van der Waals surface area contributed by atoms with Crippen molar-refractivity contribution in [2.45, 2.75) is 13.8 Å². The number of aryl methyl sites for hydroxylation is 1. The number of carbonyl (C=O) groups excluding carboxylic acids is 1. The van der Waals surface area contributed by atoms with Crippen LogP contribution >= 0.6 is 15.9 Å². The molecule has 0 saturated heterocycles. The van der Waals surface area contributed by atoms with Gasteiger partial charge in [0.05, 0.1) is 5.92 Å². The lowest BCUT2D eigenvalue weighted by Crippen LogP contribution is -2.26. The van der Waals surface area contributed by atoms with Gasteiger partial charge in [-0.05, 0) is 30.7 Å². The van der Waals surface area contributed by atoms with Gasteiger partial charge >= 0.3 is 0 Å². The van der Waals surface area contributed by atoms with Crippen LogP contribution in [0.5, 0.6) is 0 Å². The fraction of sp³-hybridized carbons (Fsp3) is 0.364. The number of anilines is 1. The molecule has 0 radical (unpaired) electrons. The molecule has 0 bridgehead atoms. The molecule has 4 heteroatoms. The molecular weight excluding hydrogens is 256 g/mol. The molecule has 0 heterocycles. The second kappa shape index (κ2) is 5.16. The van der Waals surface area contributed by atoms with Gasteiger partial charge in [0, 0.05) is 16.7 Å². The van der Waals surface area contributed by atoms with E-state index in [4.69, 9.17) is 5.73 Å². The number of nitrogens with one attached hydrogen (secondary N) is 1. The van der Waals surface area contributed by atoms with Crippen LogP contribution in [0.3, 0.4) is 0 Å². The second-order valence-corrected chi connectivity index (χ2v) is 4.56. The third-order valence-corrected chi connectivity index (χ3v) is 2.77. The molecular formula is C11H15BrN2O. The van der Waals surface area contributed by atoms with E-state index in [0.29, 0.717) is 6.54 Å². The van der Waals surface area contributed by atoms with E-state index < -0.39 is 0 Å². The zero-order chi connectivity index (χ0) is 11.4. The Bertz CT molecular complexity index is 366. The lowest BCUT2D eigenvalue weighted by molar-refractivity contribution is -0.120. The van der Waals surface area contributed by atoms with Crippen LogP contribution in [0.1, 0.15) is 12.5 Å². The molecule has 1 aromatic carbocycles. The Morgan fingerprint density at radius 3 is 2.80 bits per heavy atom. The quantitative estimate of drug-likeness (QED) is 0.882. The predicted molar refractivity (Wildman–Crippen MR) is 65.7 cm³/mol. The molecule has 0 saturated carbocycles. The number of carbonyl (C=O) groups is 1. The highest BCUT2D eigenvalue weighted by Gasteiger charge is 2.08. The smallest absolute Gasteiger partial charge is 0.222 e. The summed E-state index contributed by atoms with van der Waals surface area (Å²) in [6, 6.07) is 5.97. The first-order chi connectivity index (χ1) is 7.00. The Kier molecular flexibility index (Phi) is 4.15. The molecule has 0 spiro atoms. The zero-order valence-electron chi connectivity index (χ0n) is 8.88. The van der Waals surface area contributed by atoms with Gasteiger partial charge in [-0.15, -0.1) is 0 Å². The Morgan fingerprint density at radius 2 is 2.27 bits per heavy atom. The molecule has 1 aromatic rings. The number of nitrogens with two attached hydrogens (primary N) is 1. The van der Waals surface area contributed by atoms with Crippen molar-refractivity contribution in [2.75, 3.05) is 11.9 Å². The highest BCUT2D eigenvalue weighted by atomic mass is 79.9. The summed E-state index contributed by atoms with van der Waals surface area (Å²) in [7, 11) is 0. The van der Waals surface area contributed by atoms with Crippen LogP contribution < -0.4 is 11.1 Å². The van der Waals surface area contributed by atoms with Gasteiger partial charge in [0.2, 0.25) is 5.91 Å². The lowest BCUT2D eigenvalue weighted by atomic mass is 10.1. The summed E-state index contributed by atoms with van der Waals surface area (Å²) in [5.74, 6) is -0.440. The maximum atomic E-state index is 10.8. The van der Waals surface area contributed by atoms with E-state index in [0.717, 1.165) is 15.7 Å². The number of halogens is 1. The third-order valence-electron chi connectivity index (χ3n) is 2.27. The maximum absolute atomic E-state index is 10.8. The van der Waals surface area contributed by atoms with Crippen LogP contribution in [-0.4, -0.2) is 12.5 Å². The largest absolute Gasteiger partial charge is 0.384 e. The van der Waals surface area contributed by atoms with Gasteiger partial charge in [-0.3, -0.25) is 4.79 Å². The fourth-order valence-electron chi connectivity index (χ4n) is 1.19. The molecule has 0 aliphatic heterocycles. The van der Waals surface area contributed by atoms with Crippen molar-refractivity contribution in [1.82, 2.24) is 0 Å². The average Bonchev–Trinajstić information content (AvgIpc) is 2.15. The minimum Gasteiger partial charge on any atom is -0.384 e. The van der Waals surface area contributed by atoms with Crippen LogP contribution in [-0.2, 0) is 4.79 Å². The molecule has 3 nitrogen and oxygen atoms in total.